The van der Waals surface area contributed by atoms with Gasteiger partial charge in [0.15, 0.2) is 0 Å². The van der Waals surface area contributed by atoms with Gasteiger partial charge < -0.3 is 15.0 Å². The predicted octanol–water partition coefficient (Wildman–Crippen LogP) is 5.48. The normalized spacial score (nSPS) is 22.8. The molecule has 1 fully saturated rings. The van der Waals surface area contributed by atoms with Gasteiger partial charge in [0.2, 0.25) is 0 Å². The number of nitrogens with one attached hydrogen (secondary N) is 1. The Morgan fingerprint density at radius 1 is 1.12 bits per heavy atom. The molecule has 6 rings (SSSR count). The highest BCUT2D eigenvalue weighted by molar-refractivity contribution is 5.79. The highest BCUT2D eigenvalue weighted by Gasteiger charge is 2.48. The number of carbonyl (C=O) groups excluding carboxylic acids is 1. The van der Waals surface area contributed by atoms with Crippen molar-refractivity contribution >= 4 is 11.9 Å². The van der Waals surface area contributed by atoms with Crippen molar-refractivity contribution in [1.29, 1.82) is 0 Å². The summed E-state index contributed by atoms with van der Waals surface area (Å²) in [5.41, 5.74) is 6.47. The summed E-state index contributed by atoms with van der Waals surface area (Å²) in [4.78, 5) is 19.4. The Balaban J connectivity index is 1.19. The van der Waals surface area contributed by atoms with Crippen LogP contribution in [0.5, 0.6) is 0 Å². The highest BCUT2D eigenvalue weighted by Crippen LogP contribution is 2.45. The Labute approximate surface area is 199 Å². The molecule has 3 heterocycles. The average Bonchev–Trinajstić information content (AvgIpc) is 3.38. The number of amides is 1. The van der Waals surface area contributed by atoms with Crippen molar-refractivity contribution in [3.05, 3.63) is 83.0 Å². The molecule has 3 aliphatic rings. The molecule has 1 saturated heterocycles. The number of halogens is 1. The topological polar surface area (TPSA) is 54.5 Å². The second kappa shape index (κ2) is 8.12. The molecule has 1 spiro atoms. The first kappa shape index (κ1) is 21.1. The van der Waals surface area contributed by atoms with Crippen LogP contribution < -0.4 is 5.32 Å². The maximum Gasteiger partial charge on any atom is 0.410 e. The van der Waals surface area contributed by atoms with Crippen molar-refractivity contribution < 1.29 is 13.9 Å². The molecule has 1 aromatic heterocycles. The van der Waals surface area contributed by atoms with Crippen molar-refractivity contribution in [3.8, 4) is 11.1 Å². The van der Waals surface area contributed by atoms with E-state index in [0.717, 1.165) is 24.4 Å². The number of rotatable bonds is 3. The lowest BCUT2D eigenvalue weighted by Gasteiger charge is -2.36. The number of hydrogen-bond donors (Lipinski definition) is 1. The van der Waals surface area contributed by atoms with Crippen molar-refractivity contribution in [2.24, 2.45) is 0 Å². The van der Waals surface area contributed by atoms with Gasteiger partial charge in [0.25, 0.3) is 0 Å². The zero-order valence-electron chi connectivity index (χ0n) is 19.3. The molecule has 0 bridgehead atoms. The summed E-state index contributed by atoms with van der Waals surface area (Å²) in [5.74, 6) is 0.849. The number of fused-ring (bicyclic) bond motifs is 4. The van der Waals surface area contributed by atoms with Crippen LogP contribution in [0.15, 0.2) is 60.7 Å². The number of likely N-dealkylation sites (tertiary alicyclic amines) is 1. The number of anilines is 1. The second-order valence-corrected chi connectivity index (χ2v) is 9.81. The monoisotopic (exact) mass is 457 g/mol. The van der Waals surface area contributed by atoms with Gasteiger partial charge in [-0.05, 0) is 60.1 Å². The molecular weight excluding hydrogens is 429 g/mol. The number of ether oxygens (including phenoxy) is 1. The number of aryl methyl sites for hydroxylation is 2. The number of alkyl halides is 1. The van der Waals surface area contributed by atoms with Crippen LogP contribution >= 0.6 is 0 Å². The van der Waals surface area contributed by atoms with Gasteiger partial charge >= 0.3 is 6.09 Å². The molecule has 1 aliphatic carbocycles. The summed E-state index contributed by atoms with van der Waals surface area (Å²) in [6, 6.07) is 20.1. The van der Waals surface area contributed by atoms with Crippen LogP contribution in [0, 0.1) is 6.92 Å². The van der Waals surface area contributed by atoms with Gasteiger partial charge in [-0.3, -0.25) is 0 Å². The van der Waals surface area contributed by atoms with Gasteiger partial charge in [-0.15, -0.1) is 0 Å². The van der Waals surface area contributed by atoms with E-state index in [2.05, 4.69) is 40.6 Å². The van der Waals surface area contributed by atoms with Crippen LogP contribution in [0.1, 0.15) is 41.1 Å². The number of pyridine rings is 1. The minimum Gasteiger partial charge on any atom is -0.448 e. The number of hydrogen-bond acceptors (Lipinski definition) is 4. The second-order valence-electron chi connectivity index (χ2n) is 9.81. The first-order valence-corrected chi connectivity index (χ1v) is 12.0. The third kappa shape index (κ3) is 3.44. The number of benzene rings is 2. The minimum atomic E-state index is -0.582. The van der Waals surface area contributed by atoms with Crippen molar-refractivity contribution in [3.63, 3.8) is 0 Å². The fourth-order valence-corrected chi connectivity index (χ4v) is 5.96. The number of aromatic nitrogens is 1. The van der Waals surface area contributed by atoms with Crippen molar-refractivity contribution in [2.75, 3.05) is 25.1 Å². The Kier molecular flexibility index (Phi) is 5.05. The van der Waals surface area contributed by atoms with Gasteiger partial charge in [0, 0.05) is 18.2 Å². The molecule has 2 aromatic carbocycles. The molecule has 174 valence electrons. The van der Waals surface area contributed by atoms with Crippen LogP contribution in [-0.4, -0.2) is 47.4 Å². The van der Waals surface area contributed by atoms with Crippen LogP contribution in [0.4, 0.5) is 15.0 Å². The molecule has 34 heavy (non-hydrogen) atoms. The quantitative estimate of drug-likeness (QED) is 0.566. The zero-order valence-corrected chi connectivity index (χ0v) is 19.3. The van der Waals surface area contributed by atoms with Crippen molar-refractivity contribution in [1.82, 2.24) is 9.88 Å². The van der Waals surface area contributed by atoms with Crippen LogP contribution in [0.3, 0.4) is 0 Å². The van der Waals surface area contributed by atoms with Gasteiger partial charge in [0.1, 0.15) is 19.1 Å². The van der Waals surface area contributed by atoms with Gasteiger partial charge in [-0.25, -0.2) is 14.2 Å². The summed E-state index contributed by atoms with van der Waals surface area (Å²) in [7, 11) is 0. The van der Waals surface area contributed by atoms with Gasteiger partial charge in [-0.2, -0.15) is 0 Å². The first-order chi connectivity index (χ1) is 16.6. The van der Waals surface area contributed by atoms with Crippen molar-refractivity contribution in [2.45, 2.75) is 43.7 Å². The third-order valence-corrected chi connectivity index (χ3v) is 7.66. The summed E-state index contributed by atoms with van der Waals surface area (Å²) in [5, 5.41) is 3.56. The van der Waals surface area contributed by atoms with Crippen LogP contribution in [-0.2, 0) is 11.2 Å². The van der Waals surface area contributed by atoms with E-state index >= 15 is 0 Å². The smallest absolute Gasteiger partial charge is 0.410 e. The van der Waals surface area contributed by atoms with E-state index in [9.17, 15) is 9.18 Å². The first-order valence-electron chi connectivity index (χ1n) is 12.0. The summed E-state index contributed by atoms with van der Waals surface area (Å²) in [6.07, 6.45) is 1.83. The average molecular weight is 458 g/mol. The van der Waals surface area contributed by atoms with Gasteiger partial charge in [-0.1, -0.05) is 54.6 Å². The molecule has 1 N–H and O–H groups in total. The van der Waals surface area contributed by atoms with E-state index < -0.39 is 18.8 Å². The maximum absolute atomic E-state index is 14.0. The van der Waals surface area contributed by atoms with E-state index in [-0.39, 0.29) is 18.1 Å². The third-order valence-electron chi connectivity index (χ3n) is 7.66. The van der Waals surface area contributed by atoms with E-state index in [1.165, 1.54) is 27.8 Å². The minimum absolute atomic E-state index is 0.0106. The fourth-order valence-electron chi connectivity index (χ4n) is 5.96. The van der Waals surface area contributed by atoms with Gasteiger partial charge in [0.05, 0.1) is 11.6 Å². The molecule has 2 aliphatic heterocycles. The Morgan fingerprint density at radius 2 is 1.82 bits per heavy atom. The Bertz CT molecular complexity index is 1220. The molecular formula is C28H28FN3O2. The van der Waals surface area contributed by atoms with E-state index in [0.29, 0.717) is 13.0 Å². The zero-order chi connectivity index (χ0) is 23.3. The fraction of sp³-hybridized carbons (Fsp3) is 0.357. The molecule has 6 heteroatoms. The number of nitrogens with zero attached hydrogens (tertiary/aromatic N) is 2. The highest BCUT2D eigenvalue weighted by atomic mass is 19.1. The molecule has 0 radical (unpaired) electrons. The predicted molar refractivity (Wildman–Crippen MR) is 130 cm³/mol. The summed E-state index contributed by atoms with van der Waals surface area (Å²) < 4.78 is 19.9. The lowest BCUT2D eigenvalue weighted by atomic mass is 9.85. The van der Waals surface area contributed by atoms with E-state index in [4.69, 9.17) is 4.74 Å². The van der Waals surface area contributed by atoms with E-state index in [1.807, 2.05) is 37.3 Å². The van der Waals surface area contributed by atoms with Crippen LogP contribution in [0.2, 0.25) is 0 Å². The SMILES string of the molecule is Cc1ccc2c(n1)N[C@@]1(CC2)C[C@H](CF)N(C(=O)OCC2c3ccccc3-c3ccccc32)C1. The largest absolute Gasteiger partial charge is 0.448 e. The van der Waals surface area contributed by atoms with E-state index in [1.54, 1.807) is 4.90 Å². The van der Waals surface area contributed by atoms with Crippen LogP contribution in [0.25, 0.3) is 11.1 Å². The maximum atomic E-state index is 14.0. The summed E-state index contributed by atoms with van der Waals surface area (Å²) >= 11 is 0. The number of carbonyl (C=O) groups is 1. The molecule has 0 unspecified atom stereocenters. The standard InChI is InChI=1S/C28H28FN3O2/c1-18-10-11-19-12-13-28(31-26(19)30-18)14-20(15-29)32(17-28)27(33)34-16-25-23-8-4-2-6-21(23)22-7-3-5-9-24(22)25/h2-11,20,25H,12-17H2,1H3,(H,30,31)/t20-,28+/m1/s1. The summed E-state index contributed by atoms with van der Waals surface area (Å²) in [6.45, 7) is 2.05. The molecule has 5 nitrogen and oxygen atoms in total. The lowest BCUT2D eigenvalue weighted by Crippen LogP contribution is -2.45. The molecule has 1 amide bonds. The molecule has 3 aromatic rings. The molecule has 0 saturated carbocycles. The Hall–Kier alpha value is -3.41. The molecule has 2 atom stereocenters. The lowest BCUT2D eigenvalue weighted by molar-refractivity contribution is 0.0901. The Morgan fingerprint density at radius 3 is 2.53 bits per heavy atom.